The lowest BCUT2D eigenvalue weighted by Gasteiger charge is -2.18. The molecule has 24 heavy (non-hydrogen) atoms. The number of halogens is 1. The second-order valence-electron chi connectivity index (χ2n) is 4.80. The van der Waals surface area contributed by atoms with Gasteiger partial charge in [0.15, 0.2) is 11.5 Å². The van der Waals surface area contributed by atoms with Gasteiger partial charge in [-0.2, -0.15) is 0 Å². The van der Waals surface area contributed by atoms with Crippen LogP contribution in [-0.2, 0) is 14.3 Å². The summed E-state index contributed by atoms with van der Waals surface area (Å²) >= 11 is 6.60. The molecule has 0 saturated carbocycles. The second kappa shape index (κ2) is 7.14. The van der Waals surface area contributed by atoms with Gasteiger partial charge >= 0.3 is 5.97 Å². The fourth-order valence-electron chi connectivity index (χ4n) is 2.09. The molecule has 1 fully saturated rings. The highest BCUT2D eigenvalue weighted by molar-refractivity contribution is 8.18. The maximum Gasteiger partial charge on any atom is 0.328 e. The Bertz CT molecular complexity index is 748. The van der Waals surface area contributed by atoms with E-state index in [1.54, 1.807) is 0 Å². The molecule has 2 amide bonds. The largest absolute Gasteiger partial charge is 0.504 e. The zero-order chi connectivity index (χ0) is 18.0. The minimum absolute atomic E-state index is 0.0513. The van der Waals surface area contributed by atoms with Crippen LogP contribution in [0.2, 0.25) is 5.02 Å². The molecule has 1 aromatic rings. The Balaban J connectivity index is 2.39. The summed E-state index contributed by atoms with van der Waals surface area (Å²) in [5.41, 5.74) is 0.218. The molecule has 0 aliphatic carbocycles. The monoisotopic (exact) mass is 371 g/mol. The zero-order valence-electron chi connectivity index (χ0n) is 13.0. The van der Waals surface area contributed by atoms with E-state index in [4.69, 9.17) is 16.3 Å². The summed E-state index contributed by atoms with van der Waals surface area (Å²) in [6.45, 7) is 1.39. The SMILES string of the molecule is COC(=O)[C@@H](C)N1C(=O)S/C(=C\c2cc(Cl)cc(OC)c2O)C1=O. The van der Waals surface area contributed by atoms with Gasteiger partial charge in [-0.15, -0.1) is 0 Å². The van der Waals surface area contributed by atoms with Crippen LogP contribution >= 0.6 is 23.4 Å². The Morgan fingerprint density at radius 3 is 2.62 bits per heavy atom. The molecule has 1 atom stereocenters. The van der Waals surface area contributed by atoms with Gasteiger partial charge in [-0.1, -0.05) is 11.6 Å². The average molecular weight is 372 g/mol. The van der Waals surface area contributed by atoms with Gasteiger partial charge in [0.1, 0.15) is 6.04 Å². The van der Waals surface area contributed by atoms with Crippen molar-refractivity contribution in [2.45, 2.75) is 13.0 Å². The number of carbonyl (C=O) groups excluding carboxylic acids is 3. The van der Waals surface area contributed by atoms with Crippen molar-refractivity contribution in [3.63, 3.8) is 0 Å². The maximum atomic E-state index is 12.4. The lowest BCUT2D eigenvalue weighted by Crippen LogP contribution is -2.42. The number of rotatable bonds is 4. The Labute approximate surface area is 147 Å². The molecular weight excluding hydrogens is 358 g/mol. The van der Waals surface area contributed by atoms with Crippen LogP contribution in [0.3, 0.4) is 0 Å². The summed E-state index contributed by atoms with van der Waals surface area (Å²) < 4.78 is 9.54. The number of hydrogen-bond acceptors (Lipinski definition) is 7. The normalized spacial score (nSPS) is 17.3. The lowest BCUT2D eigenvalue weighted by molar-refractivity contribution is -0.148. The van der Waals surface area contributed by atoms with Gasteiger partial charge in [0, 0.05) is 16.7 Å². The Hall–Kier alpha value is -2.19. The number of imide groups is 1. The molecule has 1 aliphatic rings. The summed E-state index contributed by atoms with van der Waals surface area (Å²) in [6, 6.07) is 1.80. The maximum absolute atomic E-state index is 12.4. The van der Waals surface area contributed by atoms with Crippen molar-refractivity contribution in [2.24, 2.45) is 0 Å². The molecule has 7 nitrogen and oxygen atoms in total. The predicted octanol–water partition coefficient (Wildman–Crippen LogP) is 2.65. The molecule has 1 heterocycles. The minimum atomic E-state index is -1.05. The van der Waals surface area contributed by atoms with E-state index in [2.05, 4.69) is 4.74 Å². The van der Waals surface area contributed by atoms with Crippen molar-refractivity contribution in [1.82, 2.24) is 4.90 Å². The molecule has 0 spiro atoms. The fourth-order valence-corrected chi connectivity index (χ4v) is 3.21. The van der Waals surface area contributed by atoms with Crippen molar-refractivity contribution in [2.75, 3.05) is 14.2 Å². The molecule has 0 unspecified atom stereocenters. The van der Waals surface area contributed by atoms with Crippen molar-refractivity contribution in [1.29, 1.82) is 0 Å². The van der Waals surface area contributed by atoms with Crippen LogP contribution in [0.5, 0.6) is 11.5 Å². The molecule has 0 bridgehead atoms. The fraction of sp³-hybridized carbons (Fsp3) is 0.267. The zero-order valence-corrected chi connectivity index (χ0v) is 14.6. The molecule has 0 radical (unpaired) electrons. The van der Waals surface area contributed by atoms with Gasteiger partial charge < -0.3 is 14.6 Å². The van der Waals surface area contributed by atoms with Gasteiger partial charge in [-0.05, 0) is 30.8 Å². The third-order valence-electron chi connectivity index (χ3n) is 3.33. The Morgan fingerprint density at radius 1 is 1.38 bits per heavy atom. The number of aromatic hydroxyl groups is 1. The summed E-state index contributed by atoms with van der Waals surface area (Å²) in [4.78, 5) is 36.8. The number of methoxy groups -OCH3 is 2. The van der Waals surface area contributed by atoms with E-state index < -0.39 is 23.2 Å². The number of hydrogen-bond donors (Lipinski definition) is 1. The molecule has 2 rings (SSSR count). The molecule has 0 aromatic heterocycles. The summed E-state index contributed by atoms with van der Waals surface area (Å²) in [5, 5.41) is 9.80. The van der Waals surface area contributed by atoms with Crippen LogP contribution in [0.1, 0.15) is 12.5 Å². The van der Waals surface area contributed by atoms with Crippen LogP contribution < -0.4 is 4.74 Å². The number of benzene rings is 1. The third kappa shape index (κ3) is 3.34. The van der Waals surface area contributed by atoms with Crippen molar-refractivity contribution in [3.05, 3.63) is 27.6 Å². The van der Waals surface area contributed by atoms with Crippen LogP contribution in [0.4, 0.5) is 4.79 Å². The first-order chi connectivity index (χ1) is 11.3. The highest BCUT2D eigenvalue weighted by atomic mass is 35.5. The van der Waals surface area contributed by atoms with Crippen molar-refractivity contribution in [3.8, 4) is 11.5 Å². The van der Waals surface area contributed by atoms with Crippen molar-refractivity contribution >= 4 is 46.6 Å². The lowest BCUT2D eigenvalue weighted by atomic mass is 10.1. The highest BCUT2D eigenvalue weighted by Gasteiger charge is 2.41. The molecule has 9 heteroatoms. The van der Waals surface area contributed by atoms with E-state index in [0.717, 1.165) is 4.90 Å². The quantitative estimate of drug-likeness (QED) is 0.642. The standard InChI is InChI=1S/C15H14ClNO6S/c1-7(14(20)23-3)17-13(19)11(24-15(17)21)5-8-4-9(16)6-10(22-2)12(8)18/h4-7,18H,1-3H3/b11-5-/t7-/m1/s1. The van der Waals surface area contributed by atoms with E-state index in [9.17, 15) is 19.5 Å². The van der Waals surface area contributed by atoms with E-state index in [0.29, 0.717) is 11.8 Å². The molecule has 1 saturated heterocycles. The first-order valence-corrected chi connectivity index (χ1v) is 7.91. The topological polar surface area (TPSA) is 93.1 Å². The number of amides is 2. The number of nitrogens with zero attached hydrogens (tertiary/aromatic N) is 1. The number of phenols is 1. The van der Waals surface area contributed by atoms with E-state index >= 15 is 0 Å². The summed E-state index contributed by atoms with van der Waals surface area (Å²) in [7, 11) is 2.53. The van der Waals surface area contributed by atoms with Gasteiger partial charge in [0.25, 0.3) is 11.1 Å². The molecule has 1 aliphatic heterocycles. The summed E-state index contributed by atoms with van der Waals surface area (Å²) in [5.74, 6) is -1.43. The van der Waals surface area contributed by atoms with Gasteiger partial charge in [0.05, 0.1) is 19.1 Å². The van der Waals surface area contributed by atoms with Crippen molar-refractivity contribution < 1.29 is 29.0 Å². The van der Waals surface area contributed by atoms with Gasteiger partial charge in [0.2, 0.25) is 0 Å². The van der Waals surface area contributed by atoms with Crippen LogP contribution in [0.25, 0.3) is 6.08 Å². The highest BCUT2D eigenvalue weighted by Crippen LogP contribution is 2.39. The average Bonchev–Trinajstić information content (AvgIpc) is 2.82. The number of esters is 1. The first-order valence-electron chi connectivity index (χ1n) is 6.71. The van der Waals surface area contributed by atoms with E-state index in [-0.39, 0.29) is 27.0 Å². The minimum Gasteiger partial charge on any atom is -0.504 e. The number of carbonyl (C=O) groups is 3. The van der Waals surface area contributed by atoms with Gasteiger partial charge in [-0.3, -0.25) is 14.5 Å². The molecule has 128 valence electrons. The number of ether oxygens (including phenoxy) is 2. The van der Waals surface area contributed by atoms with E-state index in [1.807, 2.05) is 0 Å². The van der Waals surface area contributed by atoms with Gasteiger partial charge in [-0.25, -0.2) is 4.79 Å². The number of thioether (sulfide) groups is 1. The predicted molar refractivity (Wildman–Crippen MR) is 89.0 cm³/mol. The Kier molecular flexibility index (Phi) is 5.40. The molecule has 1 aromatic carbocycles. The first kappa shape index (κ1) is 18.2. The Morgan fingerprint density at radius 2 is 2.04 bits per heavy atom. The van der Waals surface area contributed by atoms with Crippen LogP contribution in [0, 0.1) is 0 Å². The third-order valence-corrected chi connectivity index (χ3v) is 4.43. The molecule has 1 N–H and O–H groups in total. The van der Waals surface area contributed by atoms with E-state index in [1.165, 1.54) is 39.4 Å². The van der Waals surface area contributed by atoms with Crippen LogP contribution in [0.15, 0.2) is 17.0 Å². The van der Waals surface area contributed by atoms with Crippen LogP contribution in [-0.4, -0.2) is 47.4 Å². The summed E-state index contributed by atoms with van der Waals surface area (Å²) in [6.07, 6.45) is 1.32. The smallest absolute Gasteiger partial charge is 0.328 e. The number of phenolic OH excluding ortho intramolecular Hbond substituents is 1. The second-order valence-corrected chi connectivity index (χ2v) is 6.23. The molecular formula is C15H14ClNO6S.